The molecule has 0 N–H and O–H groups in total. The number of hydrogen-bond donors (Lipinski definition) is 0. The fraction of sp³-hybridized carbons (Fsp3) is 0.0714. The molecule has 0 radical (unpaired) electrons. The van der Waals surface area contributed by atoms with Crippen molar-refractivity contribution in [2.75, 3.05) is 0 Å². The van der Waals surface area contributed by atoms with Crippen molar-refractivity contribution < 1.29 is 9.15 Å². The molecule has 0 fully saturated rings. The average Bonchev–Trinajstić information content (AvgIpc) is 3.70. The van der Waals surface area contributed by atoms with Gasteiger partial charge in [-0.25, -0.2) is 9.97 Å². The predicted octanol–water partition coefficient (Wildman–Crippen LogP) is 14.2. The van der Waals surface area contributed by atoms with Crippen LogP contribution in [-0.2, 0) is 10.8 Å². The molecule has 10 aromatic rings. The van der Waals surface area contributed by atoms with Crippen LogP contribution in [0.25, 0.3) is 67.0 Å². The third-order valence-corrected chi connectivity index (χ3v) is 12.8. The molecule has 2 aliphatic rings. The van der Waals surface area contributed by atoms with Crippen molar-refractivity contribution in [1.82, 2.24) is 9.97 Å². The van der Waals surface area contributed by atoms with E-state index in [0.717, 1.165) is 83.8 Å². The molecule has 2 aromatic heterocycles. The maximum atomic E-state index is 6.68. The van der Waals surface area contributed by atoms with Crippen LogP contribution in [0.15, 0.2) is 199 Å². The van der Waals surface area contributed by atoms with Gasteiger partial charge in [0.15, 0.2) is 5.82 Å². The lowest BCUT2D eigenvalue weighted by Crippen LogP contribution is -2.43. The van der Waals surface area contributed by atoms with Crippen LogP contribution in [0, 0.1) is 0 Å². The average molecular weight is 771 g/mol. The summed E-state index contributed by atoms with van der Waals surface area (Å²) >= 11 is 0. The molecule has 0 saturated carbocycles. The van der Waals surface area contributed by atoms with Crippen LogP contribution < -0.4 is 4.74 Å². The molecule has 3 heterocycles. The molecular weight excluding hydrogens is 733 g/mol. The Morgan fingerprint density at radius 2 is 0.983 bits per heavy atom. The van der Waals surface area contributed by atoms with Crippen LogP contribution in [0.4, 0.5) is 0 Å². The number of aromatic nitrogens is 2. The van der Waals surface area contributed by atoms with Gasteiger partial charge in [0, 0.05) is 49.6 Å². The minimum absolute atomic E-state index is 0.382. The SMILES string of the molecule is CC1(C)c2ccccc2C2(c3ccccc3Oc3ccccc32)c2cccc(-c3cc(-c4ccc(-c5cccc6c5oc5ccccc56)cc4)nc(-c4ccccc4)n3)c21. The normalized spacial score (nSPS) is 14.2. The van der Waals surface area contributed by atoms with E-state index < -0.39 is 5.41 Å². The van der Waals surface area contributed by atoms with E-state index in [1.54, 1.807) is 0 Å². The lowest BCUT2D eigenvalue weighted by Gasteiger charge is -2.50. The van der Waals surface area contributed by atoms with Gasteiger partial charge in [0.2, 0.25) is 0 Å². The van der Waals surface area contributed by atoms with Gasteiger partial charge in [0.1, 0.15) is 22.7 Å². The van der Waals surface area contributed by atoms with Gasteiger partial charge in [-0.05, 0) is 52.1 Å². The smallest absolute Gasteiger partial charge is 0.160 e. The van der Waals surface area contributed by atoms with Crippen molar-refractivity contribution in [1.29, 1.82) is 0 Å². The Morgan fingerprint density at radius 3 is 1.75 bits per heavy atom. The topological polar surface area (TPSA) is 48.2 Å². The van der Waals surface area contributed by atoms with Gasteiger partial charge in [-0.15, -0.1) is 0 Å². The number of benzene rings is 8. The standard InChI is InChI=1S/C56H38N2O2/c1-55(2)42-22-7-8-23-43(42)56(44-24-9-12-28-50(44)59-51-29-13-10-25-45(51)56)46-26-15-21-41(52(46)55)48-34-47(57-54(58-48)37-16-4-3-5-17-37)36-32-30-35(31-33-36)38-19-14-20-40-39-18-6-11-27-49(39)60-53(38)40/h3-34H,1-2H3. The summed E-state index contributed by atoms with van der Waals surface area (Å²) in [4.78, 5) is 10.7. The van der Waals surface area contributed by atoms with Gasteiger partial charge in [0.25, 0.3) is 0 Å². The Labute approximate surface area is 348 Å². The predicted molar refractivity (Wildman–Crippen MR) is 242 cm³/mol. The highest BCUT2D eigenvalue weighted by molar-refractivity contribution is 6.09. The molecular formula is C56H38N2O2. The summed E-state index contributed by atoms with van der Waals surface area (Å²) in [5.74, 6) is 2.43. The first-order valence-corrected chi connectivity index (χ1v) is 20.6. The summed E-state index contributed by atoms with van der Waals surface area (Å²) in [7, 11) is 0. The fourth-order valence-corrected chi connectivity index (χ4v) is 10.2. The van der Waals surface area contributed by atoms with E-state index in [1.165, 1.54) is 22.3 Å². The fourth-order valence-electron chi connectivity index (χ4n) is 10.2. The van der Waals surface area contributed by atoms with Crippen LogP contribution in [0.2, 0.25) is 0 Å². The van der Waals surface area contributed by atoms with Gasteiger partial charge >= 0.3 is 0 Å². The third-order valence-electron chi connectivity index (χ3n) is 12.8. The van der Waals surface area contributed by atoms with Gasteiger partial charge < -0.3 is 9.15 Å². The minimum atomic E-state index is -0.625. The molecule has 1 spiro atoms. The number of para-hydroxylation sites is 4. The molecule has 8 aromatic carbocycles. The molecule has 0 atom stereocenters. The van der Waals surface area contributed by atoms with E-state index in [1.807, 2.05) is 30.3 Å². The lowest BCUT2D eigenvalue weighted by atomic mass is 9.53. The summed E-state index contributed by atoms with van der Waals surface area (Å²) < 4.78 is 13.1. The van der Waals surface area contributed by atoms with E-state index in [4.69, 9.17) is 19.1 Å². The van der Waals surface area contributed by atoms with Crippen molar-refractivity contribution >= 4 is 21.9 Å². The van der Waals surface area contributed by atoms with E-state index in [2.05, 4.69) is 178 Å². The van der Waals surface area contributed by atoms with E-state index in [-0.39, 0.29) is 5.41 Å². The summed E-state index contributed by atoms with van der Waals surface area (Å²) in [6.45, 7) is 4.72. The molecule has 60 heavy (non-hydrogen) atoms. The second-order valence-corrected chi connectivity index (χ2v) is 16.4. The van der Waals surface area contributed by atoms with E-state index >= 15 is 0 Å². The molecule has 4 nitrogen and oxygen atoms in total. The van der Waals surface area contributed by atoms with Crippen LogP contribution in [0.1, 0.15) is 47.2 Å². The van der Waals surface area contributed by atoms with Crippen molar-refractivity contribution in [3.05, 3.63) is 228 Å². The third kappa shape index (κ3) is 4.91. The number of rotatable bonds is 4. The number of fused-ring (bicyclic) bond motifs is 11. The largest absolute Gasteiger partial charge is 0.457 e. The number of furan rings is 1. The molecule has 12 rings (SSSR count). The first kappa shape index (κ1) is 34.5. The summed E-state index contributed by atoms with van der Waals surface area (Å²) in [6, 6.07) is 68.6. The zero-order valence-corrected chi connectivity index (χ0v) is 33.2. The van der Waals surface area contributed by atoms with E-state index in [9.17, 15) is 0 Å². The van der Waals surface area contributed by atoms with Crippen molar-refractivity contribution in [3.8, 4) is 56.5 Å². The Hall–Kier alpha value is -7.56. The highest BCUT2D eigenvalue weighted by Crippen LogP contribution is 2.62. The van der Waals surface area contributed by atoms with Crippen LogP contribution >= 0.6 is 0 Å². The molecule has 0 amide bonds. The lowest BCUT2D eigenvalue weighted by molar-refractivity contribution is 0.425. The van der Waals surface area contributed by atoms with Crippen LogP contribution in [0.5, 0.6) is 11.5 Å². The first-order valence-electron chi connectivity index (χ1n) is 20.6. The zero-order valence-electron chi connectivity index (χ0n) is 33.2. The number of ether oxygens (including phenoxy) is 1. The Morgan fingerprint density at radius 1 is 0.417 bits per heavy atom. The number of nitrogens with zero attached hydrogens (tertiary/aromatic N) is 2. The molecule has 1 aliphatic heterocycles. The zero-order chi connectivity index (χ0) is 40.0. The molecule has 0 saturated heterocycles. The molecule has 0 bridgehead atoms. The van der Waals surface area contributed by atoms with Crippen LogP contribution in [-0.4, -0.2) is 9.97 Å². The van der Waals surface area contributed by atoms with E-state index in [0.29, 0.717) is 5.82 Å². The van der Waals surface area contributed by atoms with Gasteiger partial charge in [-0.2, -0.15) is 0 Å². The first-order chi connectivity index (χ1) is 29.5. The monoisotopic (exact) mass is 770 g/mol. The Bertz CT molecular complexity index is 3280. The Kier molecular flexibility index (Phi) is 7.45. The van der Waals surface area contributed by atoms with Gasteiger partial charge in [-0.1, -0.05) is 184 Å². The molecule has 284 valence electrons. The second kappa shape index (κ2) is 13.0. The van der Waals surface area contributed by atoms with Crippen molar-refractivity contribution in [2.45, 2.75) is 24.7 Å². The quantitative estimate of drug-likeness (QED) is 0.179. The number of hydrogen-bond acceptors (Lipinski definition) is 4. The highest BCUT2D eigenvalue weighted by atomic mass is 16.5. The molecule has 1 aliphatic carbocycles. The Balaban J connectivity index is 1.08. The van der Waals surface area contributed by atoms with Crippen LogP contribution in [0.3, 0.4) is 0 Å². The minimum Gasteiger partial charge on any atom is -0.457 e. The maximum absolute atomic E-state index is 6.68. The molecule has 4 heteroatoms. The summed E-state index contributed by atoms with van der Waals surface area (Å²) in [5.41, 5.74) is 15.0. The second-order valence-electron chi connectivity index (χ2n) is 16.4. The highest BCUT2D eigenvalue weighted by Gasteiger charge is 2.53. The van der Waals surface area contributed by atoms with Gasteiger partial charge in [0.05, 0.1) is 16.8 Å². The summed E-state index contributed by atoms with van der Waals surface area (Å²) in [5, 5.41) is 2.24. The van der Waals surface area contributed by atoms with Gasteiger partial charge in [-0.3, -0.25) is 0 Å². The molecule has 0 unspecified atom stereocenters. The maximum Gasteiger partial charge on any atom is 0.160 e. The van der Waals surface area contributed by atoms with Crippen molar-refractivity contribution in [2.24, 2.45) is 0 Å². The van der Waals surface area contributed by atoms with Crippen molar-refractivity contribution in [3.63, 3.8) is 0 Å². The summed E-state index contributed by atoms with van der Waals surface area (Å²) in [6.07, 6.45) is 0.